The molecule has 0 atom stereocenters. The van der Waals surface area contributed by atoms with Crippen LogP contribution in [0.3, 0.4) is 0 Å². The van der Waals surface area contributed by atoms with E-state index < -0.39 is 22.5 Å². The molecule has 0 fully saturated rings. The van der Waals surface area contributed by atoms with Crippen LogP contribution in [0, 0.1) is 0 Å². The number of amides is 1. The lowest BCUT2D eigenvalue weighted by molar-refractivity contribution is -0.119. The number of carbonyl (C=O) groups is 1. The van der Waals surface area contributed by atoms with Crippen LogP contribution >= 0.6 is 0 Å². The van der Waals surface area contributed by atoms with Crippen LogP contribution in [0.4, 0.5) is 5.69 Å². The molecule has 0 aliphatic heterocycles. The van der Waals surface area contributed by atoms with Gasteiger partial charge in [0.1, 0.15) is 12.3 Å². The van der Waals surface area contributed by atoms with Crippen LogP contribution in [0.5, 0.6) is 5.75 Å². The Hall–Kier alpha value is -4.17. The Morgan fingerprint density at radius 1 is 0.941 bits per heavy atom. The second kappa shape index (κ2) is 10.2. The van der Waals surface area contributed by atoms with Gasteiger partial charge in [0, 0.05) is 11.6 Å². The largest absolute Gasteiger partial charge is 0.497 e. The van der Waals surface area contributed by atoms with E-state index in [4.69, 9.17) is 4.74 Å². The molecular formula is C26H23N3O4S. The Morgan fingerprint density at radius 3 is 2.44 bits per heavy atom. The Kier molecular flexibility index (Phi) is 6.89. The van der Waals surface area contributed by atoms with Crippen LogP contribution in [-0.4, -0.2) is 34.2 Å². The molecule has 0 radical (unpaired) electrons. The first kappa shape index (κ1) is 23.0. The van der Waals surface area contributed by atoms with Gasteiger partial charge >= 0.3 is 0 Å². The molecule has 4 aromatic rings. The summed E-state index contributed by atoms with van der Waals surface area (Å²) in [6.45, 7) is -0.461. The number of anilines is 1. The third-order valence-electron chi connectivity index (χ3n) is 5.18. The number of hydrogen-bond acceptors (Lipinski definition) is 5. The van der Waals surface area contributed by atoms with Crippen molar-refractivity contribution in [3.8, 4) is 5.75 Å². The smallest absolute Gasteiger partial charge is 0.264 e. The second-order valence-corrected chi connectivity index (χ2v) is 9.25. The van der Waals surface area contributed by atoms with Crippen molar-refractivity contribution in [2.75, 3.05) is 18.0 Å². The van der Waals surface area contributed by atoms with E-state index in [1.54, 1.807) is 48.7 Å². The Labute approximate surface area is 198 Å². The fourth-order valence-electron chi connectivity index (χ4n) is 3.50. The van der Waals surface area contributed by atoms with Gasteiger partial charge in [-0.15, -0.1) is 0 Å². The van der Waals surface area contributed by atoms with Crippen LogP contribution in [0.25, 0.3) is 10.8 Å². The van der Waals surface area contributed by atoms with E-state index in [0.717, 1.165) is 20.6 Å². The van der Waals surface area contributed by atoms with Crippen LogP contribution < -0.4 is 14.5 Å². The number of carbonyl (C=O) groups excluding carboxylic acids is 1. The summed E-state index contributed by atoms with van der Waals surface area (Å²) >= 11 is 0. The van der Waals surface area contributed by atoms with Crippen molar-refractivity contribution >= 4 is 38.6 Å². The molecule has 0 bridgehead atoms. The SMILES string of the molecule is COc1cccc(N(CC(=O)N/N=C\c2cccc3ccccc23)S(=O)(=O)c2ccccc2)c1. The number of sulfonamides is 1. The second-order valence-electron chi connectivity index (χ2n) is 7.39. The minimum atomic E-state index is -4.02. The average molecular weight is 474 g/mol. The van der Waals surface area contributed by atoms with Crippen molar-refractivity contribution in [3.63, 3.8) is 0 Å². The summed E-state index contributed by atoms with van der Waals surface area (Å²) in [5.41, 5.74) is 3.58. The van der Waals surface area contributed by atoms with Gasteiger partial charge in [-0.2, -0.15) is 5.10 Å². The molecule has 0 saturated carbocycles. The number of nitrogens with one attached hydrogen (secondary N) is 1. The number of hydrazone groups is 1. The van der Waals surface area contributed by atoms with E-state index in [2.05, 4.69) is 10.5 Å². The molecule has 0 aliphatic carbocycles. The Bertz CT molecular complexity index is 1430. The number of ether oxygens (including phenoxy) is 1. The van der Waals surface area contributed by atoms with E-state index in [-0.39, 0.29) is 4.90 Å². The highest BCUT2D eigenvalue weighted by Crippen LogP contribution is 2.26. The summed E-state index contributed by atoms with van der Waals surface area (Å²) in [6, 6.07) is 28.1. The summed E-state index contributed by atoms with van der Waals surface area (Å²) in [7, 11) is -2.53. The third-order valence-corrected chi connectivity index (χ3v) is 6.96. The number of methoxy groups -OCH3 is 1. The van der Waals surface area contributed by atoms with Gasteiger partial charge in [0.05, 0.1) is 23.9 Å². The summed E-state index contributed by atoms with van der Waals surface area (Å²) < 4.78 is 33.0. The fourth-order valence-corrected chi connectivity index (χ4v) is 4.94. The molecular weight excluding hydrogens is 450 g/mol. The highest BCUT2D eigenvalue weighted by Gasteiger charge is 2.27. The molecule has 0 spiro atoms. The lowest BCUT2D eigenvalue weighted by Crippen LogP contribution is -2.39. The zero-order valence-corrected chi connectivity index (χ0v) is 19.3. The van der Waals surface area contributed by atoms with Crippen molar-refractivity contribution in [1.29, 1.82) is 0 Å². The minimum Gasteiger partial charge on any atom is -0.497 e. The summed E-state index contributed by atoms with van der Waals surface area (Å²) in [5.74, 6) is -0.112. The normalized spacial score (nSPS) is 11.4. The van der Waals surface area contributed by atoms with E-state index in [0.29, 0.717) is 11.4 Å². The molecule has 0 unspecified atom stereocenters. The predicted molar refractivity (Wildman–Crippen MR) is 134 cm³/mol. The fraction of sp³-hybridized carbons (Fsp3) is 0.0769. The van der Waals surface area contributed by atoms with Crippen LogP contribution in [0.2, 0.25) is 0 Å². The van der Waals surface area contributed by atoms with Gasteiger partial charge in [0.2, 0.25) is 0 Å². The lowest BCUT2D eigenvalue weighted by Gasteiger charge is -2.24. The summed E-state index contributed by atoms with van der Waals surface area (Å²) in [6.07, 6.45) is 1.54. The minimum absolute atomic E-state index is 0.0740. The van der Waals surface area contributed by atoms with Crippen molar-refractivity contribution in [2.45, 2.75) is 4.90 Å². The standard InChI is InChI=1S/C26H23N3O4S/c1-33-23-13-8-12-22(17-23)29(34(31,32)24-14-3-2-4-15-24)19-26(30)28-27-18-21-11-7-10-20-9-5-6-16-25(20)21/h2-18H,19H2,1H3,(H,28,30)/b27-18-. The maximum absolute atomic E-state index is 13.4. The quantitative estimate of drug-likeness (QED) is 0.307. The van der Waals surface area contributed by atoms with E-state index in [1.807, 2.05) is 42.5 Å². The van der Waals surface area contributed by atoms with E-state index in [1.165, 1.54) is 19.2 Å². The highest BCUT2D eigenvalue weighted by atomic mass is 32.2. The summed E-state index contributed by atoms with van der Waals surface area (Å²) in [5, 5.41) is 6.10. The zero-order chi connectivity index (χ0) is 24.0. The molecule has 7 nitrogen and oxygen atoms in total. The average Bonchev–Trinajstić information content (AvgIpc) is 2.88. The van der Waals surface area contributed by atoms with Gasteiger partial charge in [0.15, 0.2) is 0 Å². The first-order chi connectivity index (χ1) is 16.5. The number of fused-ring (bicyclic) bond motifs is 1. The van der Waals surface area contributed by atoms with E-state index in [9.17, 15) is 13.2 Å². The molecule has 4 aromatic carbocycles. The monoisotopic (exact) mass is 473 g/mol. The molecule has 0 heterocycles. The molecule has 172 valence electrons. The summed E-state index contributed by atoms with van der Waals surface area (Å²) in [4.78, 5) is 12.8. The van der Waals surface area contributed by atoms with Gasteiger partial charge < -0.3 is 4.74 Å². The number of nitrogens with zero attached hydrogens (tertiary/aromatic N) is 2. The van der Waals surface area contributed by atoms with Crippen LogP contribution in [0.15, 0.2) is 107 Å². The molecule has 4 rings (SSSR count). The highest BCUT2D eigenvalue weighted by molar-refractivity contribution is 7.92. The Morgan fingerprint density at radius 2 is 1.65 bits per heavy atom. The zero-order valence-electron chi connectivity index (χ0n) is 18.5. The predicted octanol–water partition coefficient (Wildman–Crippen LogP) is 4.19. The maximum atomic E-state index is 13.4. The van der Waals surface area contributed by atoms with Crippen molar-refractivity contribution in [2.24, 2.45) is 5.10 Å². The van der Waals surface area contributed by atoms with Gasteiger partial charge in [-0.1, -0.05) is 66.7 Å². The van der Waals surface area contributed by atoms with Gasteiger partial charge in [-0.3, -0.25) is 9.10 Å². The first-order valence-electron chi connectivity index (χ1n) is 10.5. The lowest BCUT2D eigenvalue weighted by atomic mass is 10.1. The van der Waals surface area contributed by atoms with Crippen molar-refractivity contribution < 1.29 is 17.9 Å². The molecule has 0 saturated heterocycles. The van der Waals surface area contributed by atoms with Gasteiger partial charge in [-0.25, -0.2) is 13.8 Å². The van der Waals surface area contributed by atoms with Crippen molar-refractivity contribution in [1.82, 2.24) is 5.43 Å². The van der Waals surface area contributed by atoms with Gasteiger partial charge in [0.25, 0.3) is 15.9 Å². The van der Waals surface area contributed by atoms with E-state index >= 15 is 0 Å². The first-order valence-corrected chi connectivity index (χ1v) is 11.9. The van der Waals surface area contributed by atoms with Crippen molar-refractivity contribution in [3.05, 3.63) is 103 Å². The van der Waals surface area contributed by atoms with Gasteiger partial charge in [-0.05, 0) is 35.0 Å². The van der Waals surface area contributed by atoms with Crippen LogP contribution in [-0.2, 0) is 14.8 Å². The Balaban J connectivity index is 1.58. The number of rotatable bonds is 8. The maximum Gasteiger partial charge on any atom is 0.264 e. The number of benzene rings is 4. The van der Waals surface area contributed by atoms with Crippen LogP contribution in [0.1, 0.15) is 5.56 Å². The molecule has 34 heavy (non-hydrogen) atoms. The topological polar surface area (TPSA) is 88.1 Å². The molecule has 8 heteroatoms. The molecule has 1 N–H and O–H groups in total. The molecule has 0 aliphatic rings. The third kappa shape index (κ3) is 5.07. The number of hydrogen-bond donors (Lipinski definition) is 1. The molecule has 1 amide bonds. The molecule has 0 aromatic heterocycles.